The Morgan fingerprint density at radius 2 is 1.76 bits per heavy atom. The molecular weight excluding hydrogens is 510 g/mol. The van der Waals surface area contributed by atoms with E-state index in [9.17, 15) is 14.4 Å². The number of ketones is 1. The number of fused-ring (bicyclic) bond motifs is 1. The largest absolute Gasteiger partial charge is 0.497 e. The van der Waals surface area contributed by atoms with Gasteiger partial charge in [0.25, 0.3) is 17.6 Å². The first-order valence-corrected chi connectivity index (χ1v) is 12.1. The van der Waals surface area contributed by atoms with E-state index in [2.05, 4.69) is 5.10 Å². The summed E-state index contributed by atoms with van der Waals surface area (Å²) >= 11 is 6.02. The number of benzene rings is 3. The van der Waals surface area contributed by atoms with Gasteiger partial charge in [-0.25, -0.2) is 5.01 Å². The van der Waals surface area contributed by atoms with Gasteiger partial charge in [-0.2, -0.15) is 5.10 Å². The molecule has 2 amide bonds. The van der Waals surface area contributed by atoms with E-state index in [4.69, 9.17) is 25.8 Å². The summed E-state index contributed by atoms with van der Waals surface area (Å²) in [4.78, 5) is 40.2. The summed E-state index contributed by atoms with van der Waals surface area (Å²) in [6.45, 7) is -0.363. The fourth-order valence-corrected chi connectivity index (χ4v) is 4.85. The van der Waals surface area contributed by atoms with Crippen LogP contribution in [0, 0.1) is 0 Å². The summed E-state index contributed by atoms with van der Waals surface area (Å²) in [7, 11) is 4.67. The molecule has 38 heavy (non-hydrogen) atoms. The maximum atomic E-state index is 13.7. The molecule has 0 N–H and O–H groups in total. The summed E-state index contributed by atoms with van der Waals surface area (Å²) in [6, 6.07) is 16.9. The minimum absolute atomic E-state index is 0.175. The van der Waals surface area contributed by atoms with Crippen molar-refractivity contribution in [1.82, 2.24) is 5.01 Å². The predicted octanol–water partition coefficient (Wildman–Crippen LogP) is 4.27. The molecule has 2 aliphatic heterocycles. The highest BCUT2D eigenvalue weighted by Crippen LogP contribution is 2.38. The molecule has 0 aliphatic carbocycles. The van der Waals surface area contributed by atoms with Gasteiger partial charge in [-0.1, -0.05) is 29.8 Å². The van der Waals surface area contributed by atoms with Crippen LogP contribution in [0.1, 0.15) is 33.9 Å². The maximum absolute atomic E-state index is 13.7. The van der Waals surface area contributed by atoms with Crippen LogP contribution in [0.3, 0.4) is 0 Å². The molecule has 2 aliphatic rings. The zero-order chi connectivity index (χ0) is 27.0. The highest BCUT2D eigenvalue weighted by molar-refractivity contribution is 6.53. The molecule has 0 spiro atoms. The molecule has 0 aromatic heterocycles. The van der Waals surface area contributed by atoms with Crippen LogP contribution < -0.4 is 19.1 Å². The summed E-state index contributed by atoms with van der Waals surface area (Å²) in [6.07, 6.45) is 0.410. The molecule has 1 unspecified atom stereocenters. The average molecular weight is 534 g/mol. The first-order chi connectivity index (χ1) is 18.3. The number of Topliss-reactive ketones (excluding diaryl/α,β-unsaturated/α-hetero) is 1. The summed E-state index contributed by atoms with van der Waals surface area (Å²) in [5.74, 6) is -0.209. The number of carbonyl (C=O) groups excluding carboxylic acids is 3. The van der Waals surface area contributed by atoms with Crippen molar-refractivity contribution in [2.24, 2.45) is 5.10 Å². The van der Waals surface area contributed by atoms with Crippen molar-refractivity contribution in [2.45, 2.75) is 12.5 Å². The lowest BCUT2D eigenvalue weighted by molar-refractivity contribution is -0.132. The van der Waals surface area contributed by atoms with E-state index < -0.39 is 23.6 Å². The molecule has 0 radical (unpaired) electrons. The fraction of sp³-hybridized carbons (Fsp3) is 0.214. The lowest BCUT2D eigenvalue weighted by atomic mass is 9.98. The van der Waals surface area contributed by atoms with Crippen LogP contribution in [0.5, 0.6) is 17.2 Å². The number of hydrazone groups is 1. The van der Waals surface area contributed by atoms with Gasteiger partial charge in [0.15, 0.2) is 11.5 Å². The molecule has 1 atom stereocenters. The predicted molar refractivity (Wildman–Crippen MR) is 141 cm³/mol. The van der Waals surface area contributed by atoms with Crippen LogP contribution in [0.25, 0.3) is 0 Å². The second-order valence-corrected chi connectivity index (χ2v) is 9.17. The number of halogens is 1. The number of hydrogen-bond acceptors (Lipinski definition) is 7. The van der Waals surface area contributed by atoms with E-state index in [-0.39, 0.29) is 12.1 Å². The Balaban J connectivity index is 1.51. The second-order valence-electron chi connectivity index (χ2n) is 8.73. The normalized spacial score (nSPS) is 16.4. The van der Waals surface area contributed by atoms with Gasteiger partial charge in [-0.15, -0.1) is 0 Å². The number of carbonyl (C=O) groups is 3. The van der Waals surface area contributed by atoms with E-state index in [1.807, 2.05) is 30.3 Å². The molecule has 0 saturated carbocycles. The molecule has 5 rings (SSSR count). The number of methoxy groups -OCH3 is 3. The maximum Gasteiger partial charge on any atom is 0.299 e. The van der Waals surface area contributed by atoms with Crippen molar-refractivity contribution in [3.8, 4) is 17.2 Å². The number of hydrogen-bond donors (Lipinski definition) is 0. The lowest BCUT2D eigenvalue weighted by Crippen LogP contribution is -2.40. The standard InChI is InChI=1S/C28H24ClN3O6/c1-36-19-6-4-5-16(11-19)21-14-23(17-7-10-24(37-2)25(12-17)38-3)32(30-21)26(33)15-31-22-9-8-18(29)13-20(22)27(34)28(31)35/h4-13,23H,14-15H2,1-3H3. The monoisotopic (exact) mass is 533 g/mol. The Morgan fingerprint density at radius 3 is 2.50 bits per heavy atom. The van der Waals surface area contributed by atoms with Crippen molar-refractivity contribution in [2.75, 3.05) is 32.8 Å². The van der Waals surface area contributed by atoms with E-state index in [0.29, 0.717) is 40.1 Å². The van der Waals surface area contributed by atoms with Gasteiger partial charge >= 0.3 is 0 Å². The number of nitrogens with zero attached hydrogens (tertiary/aromatic N) is 3. The zero-order valence-electron chi connectivity index (χ0n) is 20.9. The van der Waals surface area contributed by atoms with E-state index in [0.717, 1.165) is 11.1 Å². The van der Waals surface area contributed by atoms with Gasteiger partial charge in [-0.05, 0) is 48.0 Å². The third-order valence-electron chi connectivity index (χ3n) is 6.59. The fourth-order valence-electron chi connectivity index (χ4n) is 4.67. The topological polar surface area (TPSA) is 97.7 Å². The van der Waals surface area contributed by atoms with Gasteiger partial charge in [0.2, 0.25) is 0 Å². The van der Waals surface area contributed by atoms with Gasteiger partial charge in [0, 0.05) is 17.0 Å². The highest BCUT2D eigenvalue weighted by Gasteiger charge is 2.40. The highest BCUT2D eigenvalue weighted by atomic mass is 35.5. The van der Waals surface area contributed by atoms with Gasteiger partial charge in [0.05, 0.1) is 44.3 Å². The molecule has 0 saturated heterocycles. The third-order valence-corrected chi connectivity index (χ3v) is 6.82. The van der Waals surface area contributed by atoms with Crippen LogP contribution in [0.4, 0.5) is 5.69 Å². The number of ether oxygens (including phenoxy) is 3. The van der Waals surface area contributed by atoms with Crippen LogP contribution in [-0.2, 0) is 9.59 Å². The van der Waals surface area contributed by atoms with Crippen LogP contribution in [0.15, 0.2) is 65.8 Å². The Kier molecular flexibility index (Phi) is 6.77. The molecule has 194 valence electrons. The number of anilines is 1. The molecule has 2 heterocycles. The molecule has 0 bridgehead atoms. The van der Waals surface area contributed by atoms with Crippen molar-refractivity contribution in [3.05, 3.63) is 82.4 Å². The van der Waals surface area contributed by atoms with Gasteiger partial charge < -0.3 is 14.2 Å². The molecule has 0 fully saturated rings. The molecule has 3 aromatic carbocycles. The summed E-state index contributed by atoms with van der Waals surface area (Å²) in [5, 5.41) is 6.37. The Hall–Kier alpha value is -4.37. The van der Waals surface area contributed by atoms with Gasteiger partial charge in [-0.3, -0.25) is 19.3 Å². The van der Waals surface area contributed by atoms with Crippen molar-refractivity contribution >= 4 is 40.6 Å². The van der Waals surface area contributed by atoms with Crippen molar-refractivity contribution < 1.29 is 28.6 Å². The Bertz CT molecular complexity index is 1490. The van der Waals surface area contributed by atoms with E-state index in [1.54, 1.807) is 38.5 Å². The minimum atomic E-state index is -0.783. The quantitative estimate of drug-likeness (QED) is 0.421. The smallest absolute Gasteiger partial charge is 0.299 e. The third kappa shape index (κ3) is 4.45. The summed E-state index contributed by atoms with van der Waals surface area (Å²) < 4.78 is 16.2. The van der Waals surface area contributed by atoms with Crippen molar-refractivity contribution in [1.29, 1.82) is 0 Å². The average Bonchev–Trinajstić information content (AvgIpc) is 3.49. The molecule has 10 heteroatoms. The lowest BCUT2D eigenvalue weighted by Gasteiger charge is -2.25. The molecule has 3 aromatic rings. The summed E-state index contributed by atoms with van der Waals surface area (Å²) in [5.41, 5.74) is 2.77. The van der Waals surface area contributed by atoms with Crippen LogP contribution in [-0.4, -0.2) is 56.2 Å². The van der Waals surface area contributed by atoms with E-state index >= 15 is 0 Å². The minimum Gasteiger partial charge on any atom is -0.497 e. The second kappa shape index (κ2) is 10.2. The first-order valence-electron chi connectivity index (χ1n) is 11.8. The number of rotatable bonds is 7. The Morgan fingerprint density at radius 1 is 0.974 bits per heavy atom. The van der Waals surface area contributed by atoms with Crippen LogP contribution >= 0.6 is 11.6 Å². The van der Waals surface area contributed by atoms with Crippen molar-refractivity contribution in [3.63, 3.8) is 0 Å². The van der Waals surface area contributed by atoms with E-state index in [1.165, 1.54) is 23.1 Å². The molecule has 9 nitrogen and oxygen atoms in total. The zero-order valence-corrected chi connectivity index (χ0v) is 21.7. The molecular formula is C28H24ClN3O6. The van der Waals surface area contributed by atoms with Gasteiger partial charge in [0.1, 0.15) is 12.3 Å². The first kappa shape index (κ1) is 25.3. The Labute approximate surface area is 224 Å². The SMILES string of the molecule is COc1cccc(C2=NN(C(=O)CN3C(=O)C(=O)c4cc(Cl)ccc43)C(c3ccc(OC)c(OC)c3)C2)c1. The van der Waals surface area contributed by atoms with Crippen LogP contribution in [0.2, 0.25) is 5.02 Å². The number of amides is 2.